The van der Waals surface area contributed by atoms with Gasteiger partial charge in [0.2, 0.25) is 0 Å². The highest BCUT2D eigenvalue weighted by atomic mass is 35.5. The number of benzene rings is 2. The van der Waals surface area contributed by atoms with Gasteiger partial charge in [0.25, 0.3) is 0 Å². The summed E-state index contributed by atoms with van der Waals surface area (Å²) in [6.07, 6.45) is 1.22. The van der Waals surface area contributed by atoms with Gasteiger partial charge in [-0.2, -0.15) is 0 Å². The van der Waals surface area contributed by atoms with E-state index in [-0.39, 0.29) is 0 Å². The molecular weight excluding hydrogens is 308 g/mol. The Morgan fingerprint density at radius 3 is 2.91 bits per heavy atom. The number of nitrogens with one attached hydrogen (secondary N) is 1. The molecular formula is C19H23ClN2O. The number of ether oxygens (including phenoxy) is 1. The van der Waals surface area contributed by atoms with Crippen LogP contribution in [0.1, 0.15) is 12.0 Å². The number of halogens is 1. The number of methoxy groups -OCH3 is 1. The molecule has 0 aromatic heterocycles. The van der Waals surface area contributed by atoms with Crippen LogP contribution in [0.25, 0.3) is 0 Å². The molecule has 0 saturated carbocycles. The van der Waals surface area contributed by atoms with Gasteiger partial charge >= 0.3 is 0 Å². The predicted molar refractivity (Wildman–Crippen MR) is 96.5 cm³/mol. The molecule has 1 aliphatic heterocycles. The van der Waals surface area contributed by atoms with Crippen LogP contribution in [0, 0.1) is 5.92 Å². The average Bonchev–Trinajstić information content (AvgIpc) is 3.06. The lowest BCUT2D eigenvalue weighted by molar-refractivity contribution is 0.415. The quantitative estimate of drug-likeness (QED) is 0.867. The second-order valence-electron chi connectivity index (χ2n) is 6.02. The van der Waals surface area contributed by atoms with Crippen LogP contribution >= 0.6 is 11.6 Å². The van der Waals surface area contributed by atoms with E-state index in [4.69, 9.17) is 16.3 Å². The Morgan fingerprint density at radius 1 is 1.22 bits per heavy atom. The average molecular weight is 331 g/mol. The van der Waals surface area contributed by atoms with Gasteiger partial charge in [0.05, 0.1) is 7.11 Å². The van der Waals surface area contributed by atoms with E-state index in [2.05, 4.69) is 34.5 Å². The summed E-state index contributed by atoms with van der Waals surface area (Å²) in [5.41, 5.74) is 2.41. The van der Waals surface area contributed by atoms with Crippen molar-refractivity contribution in [3.63, 3.8) is 0 Å². The van der Waals surface area contributed by atoms with Gasteiger partial charge in [-0.05, 0) is 36.1 Å². The molecule has 3 nitrogen and oxygen atoms in total. The SMILES string of the molecule is COc1cccc(N2CC[C@H](CNCc3ccccc3Cl)C2)c1. The lowest BCUT2D eigenvalue weighted by atomic mass is 10.1. The van der Waals surface area contributed by atoms with Crippen LogP contribution in [-0.2, 0) is 6.54 Å². The predicted octanol–water partition coefficient (Wildman–Crippen LogP) is 3.96. The van der Waals surface area contributed by atoms with Crippen molar-refractivity contribution in [3.8, 4) is 5.75 Å². The fraction of sp³-hybridized carbons (Fsp3) is 0.368. The molecule has 3 rings (SSSR count). The Labute approximate surface area is 143 Å². The molecule has 4 heteroatoms. The summed E-state index contributed by atoms with van der Waals surface area (Å²) in [5.74, 6) is 1.59. The first-order valence-electron chi connectivity index (χ1n) is 8.09. The molecule has 1 N–H and O–H groups in total. The lowest BCUT2D eigenvalue weighted by Crippen LogP contribution is -2.26. The topological polar surface area (TPSA) is 24.5 Å². The molecule has 0 amide bonds. The van der Waals surface area contributed by atoms with Gasteiger partial charge in [-0.15, -0.1) is 0 Å². The maximum Gasteiger partial charge on any atom is 0.120 e. The van der Waals surface area contributed by atoms with Crippen molar-refractivity contribution in [1.82, 2.24) is 5.32 Å². The van der Waals surface area contributed by atoms with Gasteiger partial charge in [-0.3, -0.25) is 0 Å². The minimum atomic E-state index is 0.670. The van der Waals surface area contributed by atoms with Crippen molar-refractivity contribution < 1.29 is 4.74 Å². The molecule has 0 spiro atoms. The number of rotatable bonds is 6. The van der Waals surface area contributed by atoms with E-state index in [0.717, 1.165) is 42.5 Å². The Hall–Kier alpha value is -1.71. The third kappa shape index (κ3) is 4.18. The normalized spacial score (nSPS) is 17.5. The zero-order chi connectivity index (χ0) is 16.1. The van der Waals surface area contributed by atoms with Gasteiger partial charge < -0.3 is 15.0 Å². The van der Waals surface area contributed by atoms with Crippen molar-refractivity contribution in [3.05, 3.63) is 59.1 Å². The molecule has 0 radical (unpaired) electrons. The minimum absolute atomic E-state index is 0.670. The summed E-state index contributed by atoms with van der Waals surface area (Å²) < 4.78 is 5.31. The van der Waals surface area contributed by atoms with Crippen molar-refractivity contribution in [1.29, 1.82) is 0 Å². The van der Waals surface area contributed by atoms with Crippen LogP contribution in [0.3, 0.4) is 0 Å². The van der Waals surface area contributed by atoms with Crippen LogP contribution in [0.15, 0.2) is 48.5 Å². The molecule has 0 bridgehead atoms. The number of hydrogen-bond acceptors (Lipinski definition) is 3. The Kier molecular flexibility index (Phi) is 5.42. The third-order valence-corrected chi connectivity index (χ3v) is 4.78. The van der Waals surface area contributed by atoms with Crippen molar-refractivity contribution in [2.75, 3.05) is 31.6 Å². The van der Waals surface area contributed by atoms with Gasteiger partial charge in [0.1, 0.15) is 5.75 Å². The van der Waals surface area contributed by atoms with E-state index >= 15 is 0 Å². The summed E-state index contributed by atoms with van der Waals surface area (Å²) in [6, 6.07) is 16.3. The zero-order valence-corrected chi connectivity index (χ0v) is 14.2. The van der Waals surface area contributed by atoms with Gasteiger partial charge in [-0.1, -0.05) is 35.9 Å². The molecule has 1 fully saturated rings. The number of hydrogen-bond donors (Lipinski definition) is 1. The van der Waals surface area contributed by atoms with E-state index < -0.39 is 0 Å². The van der Waals surface area contributed by atoms with Gasteiger partial charge in [0.15, 0.2) is 0 Å². The highest BCUT2D eigenvalue weighted by Crippen LogP contribution is 2.26. The maximum atomic E-state index is 6.19. The van der Waals surface area contributed by atoms with E-state index in [1.165, 1.54) is 12.1 Å². The molecule has 1 heterocycles. The first-order valence-corrected chi connectivity index (χ1v) is 8.47. The minimum Gasteiger partial charge on any atom is -0.497 e. The van der Waals surface area contributed by atoms with E-state index in [1.807, 2.05) is 24.3 Å². The monoisotopic (exact) mass is 330 g/mol. The third-order valence-electron chi connectivity index (χ3n) is 4.41. The van der Waals surface area contributed by atoms with E-state index in [1.54, 1.807) is 7.11 Å². The highest BCUT2D eigenvalue weighted by molar-refractivity contribution is 6.31. The summed E-state index contributed by atoms with van der Waals surface area (Å²) >= 11 is 6.19. The molecule has 0 unspecified atom stereocenters. The number of anilines is 1. The second kappa shape index (κ2) is 7.71. The summed E-state index contributed by atoms with van der Waals surface area (Å²) in [5, 5.41) is 4.38. The first kappa shape index (κ1) is 16.2. The Balaban J connectivity index is 1.49. The molecule has 1 aliphatic rings. The molecule has 23 heavy (non-hydrogen) atoms. The highest BCUT2D eigenvalue weighted by Gasteiger charge is 2.22. The largest absolute Gasteiger partial charge is 0.497 e. The fourth-order valence-corrected chi connectivity index (χ4v) is 3.30. The fourth-order valence-electron chi connectivity index (χ4n) is 3.09. The Bertz CT molecular complexity index is 647. The van der Waals surface area contributed by atoms with Crippen LogP contribution < -0.4 is 15.0 Å². The molecule has 2 aromatic rings. The molecule has 0 aliphatic carbocycles. The van der Waals surface area contributed by atoms with E-state index in [0.29, 0.717) is 5.92 Å². The van der Waals surface area contributed by atoms with Gasteiger partial charge in [0, 0.05) is 43.0 Å². The van der Waals surface area contributed by atoms with Gasteiger partial charge in [-0.25, -0.2) is 0 Å². The van der Waals surface area contributed by atoms with Crippen LogP contribution in [-0.4, -0.2) is 26.7 Å². The molecule has 2 aromatic carbocycles. The second-order valence-corrected chi connectivity index (χ2v) is 6.43. The number of nitrogens with zero attached hydrogens (tertiary/aromatic N) is 1. The molecule has 122 valence electrons. The standard InChI is InChI=1S/C19H23ClN2O/c1-23-18-7-4-6-17(11-18)22-10-9-15(14-22)12-21-13-16-5-2-3-8-19(16)20/h2-8,11,15,21H,9-10,12-14H2,1H3/t15-/m1/s1. The smallest absolute Gasteiger partial charge is 0.120 e. The van der Waals surface area contributed by atoms with Crippen molar-refractivity contribution >= 4 is 17.3 Å². The first-order chi connectivity index (χ1) is 11.3. The van der Waals surface area contributed by atoms with Crippen LogP contribution in [0.4, 0.5) is 5.69 Å². The van der Waals surface area contributed by atoms with Crippen LogP contribution in [0.2, 0.25) is 5.02 Å². The van der Waals surface area contributed by atoms with Crippen LogP contribution in [0.5, 0.6) is 5.75 Å². The summed E-state index contributed by atoms with van der Waals surface area (Å²) in [4.78, 5) is 2.43. The molecule has 1 saturated heterocycles. The molecule has 1 atom stereocenters. The van der Waals surface area contributed by atoms with E-state index in [9.17, 15) is 0 Å². The summed E-state index contributed by atoms with van der Waals surface area (Å²) in [6.45, 7) is 4.04. The Morgan fingerprint density at radius 2 is 2.09 bits per heavy atom. The van der Waals surface area contributed by atoms with Crippen molar-refractivity contribution in [2.24, 2.45) is 5.92 Å². The maximum absolute atomic E-state index is 6.19. The zero-order valence-electron chi connectivity index (χ0n) is 13.5. The van der Waals surface area contributed by atoms with Crippen molar-refractivity contribution in [2.45, 2.75) is 13.0 Å². The lowest BCUT2D eigenvalue weighted by Gasteiger charge is -2.19. The summed E-state index contributed by atoms with van der Waals surface area (Å²) in [7, 11) is 1.71.